The molecule has 3 fully saturated rings. The Kier molecular flexibility index (Phi) is 8.83. The molecule has 2 N–H and O–H groups in total. The number of carbonyl (C=O) groups excluding carboxylic acids is 2. The van der Waals surface area contributed by atoms with Crippen LogP contribution in [0.3, 0.4) is 0 Å². The van der Waals surface area contributed by atoms with Crippen molar-refractivity contribution in [3.05, 3.63) is 11.9 Å². The Morgan fingerprint density at radius 1 is 1.18 bits per heavy atom. The number of aliphatic hydroxyl groups is 1. The molecule has 11 nitrogen and oxygen atoms in total. The van der Waals surface area contributed by atoms with Crippen LogP contribution in [0, 0.1) is 5.41 Å². The number of rotatable bonds is 10. The van der Waals surface area contributed by atoms with Gasteiger partial charge in [-0.15, -0.1) is 5.10 Å². The summed E-state index contributed by atoms with van der Waals surface area (Å²) in [5.41, 5.74) is 0.357. The molecule has 0 spiro atoms. The van der Waals surface area contributed by atoms with Gasteiger partial charge in [-0.1, -0.05) is 52.2 Å². The second-order valence-corrected chi connectivity index (χ2v) is 14.2. The highest BCUT2D eigenvalue weighted by atomic mass is 32.2. The minimum absolute atomic E-state index is 0.0269. The van der Waals surface area contributed by atoms with Crippen LogP contribution in [-0.4, -0.2) is 93.1 Å². The lowest BCUT2D eigenvalue weighted by Gasteiger charge is -2.34. The topological polar surface area (TPSA) is 138 Å². The van der Waals surface area contributed by atoms with Gasteiger partial charge in [0.2, 0.25) is 21.8 Å². The van der Waals surface area contributed by atoms with E-state index >= 15 is 0 Å². The Morgan fingerprint density at radius 3 is 2.47 bits per heavy atom. The van der Waals surface area contributed by atoms with Gasteiger partial charge in [-0.05, 0) is 31.1 Å². The lowest BCUT2D eigenvalue weighted by molar-refractivity contribution is -0.144. The molecule has 4 rings (SSSR count). The number of sulfonamides is 1. The number of β-amino-alcohol motifs (C(OH)–C–C–N with tert-alkyl or cyclic N) is 1. The highest BCUT2D eigenvalue weighted by molar-refractivity contribution is 7.89. The molecule has 214 valence electrons. The Bertz CT molecular complexity index is 1090. The van der Waals surface area contributed by atoms with Crippen molar-refractivity contribution in [3.63, 3.8) is 0 Å². The van der Waals surface area contributed by atoms with Gasteiger partial charge in [0.05, 0.1) is 17.6 Å². The number of hydrogen-bond donors (Lipinski definition) is 2. The van der Waals surface area contributed by atoms with Crippen LogP contribution in [0.5, 0.6) is 0 Å². The summed E-state index contributed by atoms with van der Waals surface area (Å²) in [4.78, 5) is 28.4. The third-order valence-corrected chi connectivity index (χ3v) is 10.0. The fourth-order valence-electron chi connectivity index (χ4n) is 5.92. The van der Waals surface area contributed by atoms with Crippen LogP contribution < -0.4 is 5.32 Å². The molecule has 2 amide bonds. The fraction of sp³-hybridized carbons (Fsp3) is 0.846. The Labute approximate surface area is 226 Å². The largest absolute Gasteiger partial charge is 0.391 e. The third-order valence-electron chi connectivity index (χ3n) is 8.02. The molecule has 2 aliphatic carbocycles. The number of likely N-dealkylation sites (tertiary alicyclic amines) is 1. The molecule has 3 aliphatic rings. The van der Waals surface area contributed by atoms with E-state index in [1.807, 2.05) is 33.9 Å². The lowest BCUT2D eigenvalue weighted by Crippen LogP contribution is -2.51. The van der Waals surface area contributed by atoms with Crippen molar-refractivity contribution in [2.45, 2.75) is 109 Å². The monoisotopic (exact) mass is 552 g/mol. The molecule has 1 aromatic heterocycles. The molecular formula is C26H44N6O5S. The zero-order chi connectivity index (χ0) is 27.7. The Hall–Kier alpha value is -2.05. The van der Waals surface area contributed by atoms with Gasteiger partial charge in [0.25, 0.3) is 0 Å². The van der Waals surface area contributed by atoms with Crippen molar-refractivity contribution in [3.8, 4) is 0 Å². The zero-order valence-electron chi connectivity index (χ0n) is 23.2. The lowest BCUT2D eigenvalue weighted by atomic mass is 9.85. The summed E-state index contributed by atoms with van der Waals surface area (Å²) in [6.07, 6.45) is 8.19. The first-order valence-electron chi connectivity index (χ1n) is 14.1. The van der Waals surface area contributed by atoms with E-state index in [2.05, 4.69) is 15.6 Å². The number of nitrogens with one attached hydrogen (secondary N) is 1. The summed E-state index contributed by atoms with van der Waals surface area (Å²) < 4.78 is 29.3. The van der Waals surface area contributed by atoms with Gasteiger partial charge >= 0.3 is 0 Å². The van der Waals surface area contributed by atoms with Crippen LogP contribution in [0.1, 0.15) is 96.7 Å². The smallest absolute Gasteiger partial charge is 0.248 e. The summed E-state index contributed by atoms with van der Waals surface area (Å²) in [5.74, 6) is -0.552. The molecule has 1 aromatic rings. The molecular weight excluding hydrogens is 508 g/mol. The number of carbonyl (C=O) groups is 2. The summed E-state index contributed by atoms with van der Waals surface area (Å²) in [6, 6.07) is -1.55. The summed E-state index contributed by atoms with van der Waals surface area (Å²) in [7, 11) is -3.53. The normalized spacial score (nSPS) is 24.1. The second kappa shape index (κ2) is 11.6. The van der Waals surface area contributed by atoms with Gasteiger partial charge in [-0.3, -0.25) is 9.59 Å². The minimum Gasteiger partial charge on any atom is -0.391 e. The second-order valence-electron chi connectivity index (χ2n) is 12.2. The Morgan fingerprint density at radius 2 is 1.87 bits per heavy atom. The van der Waals surface area contributed by atoms with Crippen LogP contribution in [0.2, 0.25) is 0 Å². The number of nitrogens with zero attached hydrogens (tertiary/aromatic N) is 5. The number of aromatic nitrogens is 3. The SMILES string of the molecule is CCN(C1CCCCC1)S(=O)(=O)CCNC(=O)C1CC(O)CN1C(=O)[C@@H](n1cc(C2CC2)nn1)C(C)(C)C. The van der Waals surface area contributed by atoms with E-state index in [0.29, 0.717) is 12.5 Å². The molecule has 1 aliphatic heterocycles. The number of hydrogen-bond acceptors (Lipinski definition) is 7. The maximum absolute atomic E-state index is 13.8. The molecule has 12 heteroatoms. The molecule has 2 heterocycles. The highest BCUT2D eigenvalue weighted by Crippen LogP contribution is 2.40. The van der Waals surface area contributed by atoms with Crippen LogP contribution >= 0.6 is 0 Å². The summed E-state index contributed by atoms with van der Waals surface area (Å²) in [5, 5.41) is 21.6. The predicted molar refractivity (Wildman–Crippen MR) is 143 cm³/mol. The third kappa shape index (κ3) is 6.56. The van der Waals surface area contributed by atoms with E-state index < -0.39 is 39.5 Å². The van der Waals surface area contributed by atoms with E-state index in [1.165, 1.54) is 4.90 Å². The molecule has 0 aromatic carbocycles. The van der Waals surface area contributed by atoms with Crippen molar-refractivity contribution >= 4 is 21.8 Å². The van der Waals surface area contributed by atoms with Crippen molar-refractivity contribution < 1.29 is 23.1 Å². The fourth-order valence-corrected chi connectivity index (χ4v) is 7.57. The highest BCUT2D eigenvalue weighted by Gasteiger charge is 2.45. The van der Waals surface area contributed by atoms with Gasteiger partial charge in [0.1, 0.15) is 12.1 Å². The van der Waals surface area contributed by atoms with Crippen LogP contribution in [0.15, 0.2) is 6.20 Å². The average Bonchev–Trinajstić information content (AvgIpc) is 3.45. The molecule has 2 saturated carbocycles. The van der Waals surface area contributed by atoms with E-state index in [4.69, 9.17) is 0 Å². The van der Waals surface area contributed by atoms with Crippen molar-refractivity contribution in [1.29, 1.82) is 0 Å². The average molecular weight is 553 g/mol. The minimum atomic E-state index is -3.53. The van der Waals surface area contributed by atoms with E-state index in [-0.39, 0.29) is 37.2 Å². The molecule has 38 heavy (non-hydrogen) atoms. The molecule has 0 radical (unpaired) electrons. The quantitative estimate of drug-likeness (QED) is 0.451. The van der Waals surface area contributed by atoms with Crippen LogP contribution in [0.4, 0.5) is 0 Å². The predicted octanol–water partition coefficient (Wildman–Crippen LogP) is 1.81. The maximum Gasteiger partial charge on any atom is 0.248 e. The van der Waals surface area contributed by atoms with Gasteiger partial charge in [-0.25, -0.2) is 13.1 Å². The van der Waals surface area contributed by atoms with E-state index in [1.54, 1.807) is 8.99 Å². The molecule has 0 bridgehead atoms. The van der Waals surface area contributed by atoms with E-state index in [9.17, 15) is 23.1 Å². The first-order valence-corrected chi connectivity index (χ1v) is 15.7. The van der Waals surface area contributed by atoms with Crippen LogP contribution in [0.25, 0.3) is 0 Å². The summed E-state index contributed by atoms with van der Waals surface area (Å²) >= 11 is 0. The zero-order valence-corrected chi connectivity index (χ0v) is 24.0. The van der Waals surface area contributed by atoms with Crippen molar-refractivity contribution in [2.24, 2.45) is 5.41 Å². The Balaban J connectivity index is 1.41. The molecule has 2 unspecified atom stereocenters. The van der Waals surface area contributed by atoms with Crippen molar-refractivity contribution in [2.75, 3.05) is 25.4 Å². The molecule has 3 atom stereocenters. The first-order chi connectivity index (χ1) is 17.9. The first kappa shape index (κ1) is 28.9. The number of amides is 2. The van der Waals surface area contributed by atoms with Gasteiger partial charge < -0.3 is 15.3 Å². The van der Waals surface area contributed by atoms with Gasteiger partial charge in [0.15, 0.2) is 0 Å². The van der Waals surface area contributed by atoms with E-state index in [0.717, 1.165) is 50.6 Å². The summed E-state index contributed by atoms with van der Waals surface area (Å²) in [6.45, 7) is 8.07. The standard InChI is InChI=1S/C26H44N6O5S/c1-5-32(19-9-7-6-8-10-19)38(36,37)14-13-27-24(34)22-15-20(33)16-30(22)25(35)23(26(2,3)4)31-17-21(28-29-31)18-11-12-18/h17-20,22-23,33H,5-16H2,1-4H3,(H,27,34)/t20?,22?,23-/m1/s1. The number of aliphatic hydroxyl groups excluding tert-OH is 1. The maximum atomic E-state index is 13.8. The van der Waals surface area contributed by atoms with Crippen molar-refractivity contribution in [1.82, 2.24) is 29.5 Å². The van der Waals surface area contributed by atoms with Crippen LogP contribution in [-0.2, 0) is 19.6 Å². The van der Waals surface area contributed by atoms with Gasteiger partial charge in [0, 0.05) is 44.2 Å². The molecule has 1 saturated heterocycles. The van der Waals surface area contributed by atoms with Gasteiger partial charge in [-0.2, -0.15) is 4.31 Å².